The van der Waals surface area contributed by atoms with Gasteiger partial charge in [0.15, 0.2) is 6.29 Å². The van der Waals surface area contributed by atoms with Gasteiger partial charge in [0.05, 0.1) is 17.9 Å². The number of hydrogen-bond donors (Lipinski definition) is 1. The highest BCUT2D eigenvalue weighted by Gasteiger charge is 2.13. The molecule has 0 aliphatic rings. The summed E-state index contributed by atoms with van der Waals surface area (Å²) in [7, 11) is 0. The van der Waals surface area contributed by atoms with Crippen LogP contribution in [0.5, 0.6) is 0 Å². The summed E-state index contributed by atoms with van der Waals surface area (Å²) >= 11 is 0. The molecule has 0 bridgehead atoms. The molecule has 2 aromatic heterocycles. The Labute approximate surface area is 152 Å². The van der Waals surface area contributed by atoms with E-state index in [1.807, 2.05) is 49.4 Å². The maximum atomic E-state index is 12.7. The fraction of sp³-hybridized carbons (Fsp3) is 0.190. The smallest absolute Gasteiger partial charge is 0.263 e. The fourth-order valence-electron chi connectivity index (χ4n) is 2.88. The first-order chi connectivity index (χ1) is 12.7. The Morgan fingerprint density at radius 2 is 1.88 bits per heavy atom. The lowest BCUT2D eigenvalue weighted by Crippen LogP contribution is -2.28. The van der Waals surface area contributed by atoms with E-state index in [-0.39, 0.29) is 11.1 Å². The van der Waals surface area contributed by atoms with Crippen LogP contribution in [-0.4, -0.2) is 22.4 Å². The lowest BCUT2D eigenvalue weighted by molar-refractivity contribution is 0.112. The standard InChI is InChI=1S/C21H21N3O2/c1-16-13-20(23-12-10-17-7-3-2-4-8-17)19(15-25)21(26)24(16)14-18-9-5-6-11-22-18/h2-9,11,13,15,23H,10,12,14H2,1H3. The van der Waals surface area contributed by atoms with E-state index < -0.39 is 0 Å². The predicted octanol–water partition coefficient (Wildman–Crippen LogP) is 3.07. The van der Waals surface area contributed by atoms with E-state index in [0.29, 0.717) is 25.1 Å². The molecule has 5 nitrogen and oxygen atoms in total. The van der Waals surface area contributed by atoms with Crippen LogP contribution in [0.2, 0.25) is 0 Å². The van der Waals surface area contributed by atoms with Gasteiger partial charge in [0.1, 0.15) is 5.56 Å². The monoisotopic (exact) mass is 347 g/mol. The molecule has 0 saturated heterocycles. The summed E-state index contributed by atoms with van der Waals surface area (Å²) in [5, 5.41) is 3.23. The number of anilines is 1. The van der Waals surface area contributed by atoms with Crippen LogP contribution < -0.4 is 10.9 Å². The molecule has 0 fully saturated rings. The van der Waals surface area contributed by atoms with Gasteiger partial charge in [0.25, 0.3) is 5.56 Å². The Morgan fingerprint density at radius 1 is 1.12 bits per heavy atom. The molecular formula is C21H21N3O2. The maximum Gasteiger partial charge on any atom is 0.263 e. The third-order valence-corrected chi connectivity index (χ3v) is 4.28. The predicted molar refractivity (Wildman–Crippen MR) is 103 cm³/mol. The third kappa shape index (κ3) is 4.06. The molecule has 0 spiro atoms. The van der Waals surface area contributed by atoms with Gasteiger partial charge < -0.3 is 9.88 Å². The molecule has 0 radical (unpaired) electrons. The van der Waals surface area contributed by atoms with Crippen molar-refractivity contribution < 1.29 is 4.79 Å². The molecule has 0 atom stereocenters. The van der Waals surface area contributed by atoms with Crippen molar-refractivity contribution in [2.24, 2.45) is 0 Å². The van der Waals surface area contributed by atoms with Crippen molar-refractivity contribution in [3.05, 3.63) is 93.7 Å². The number of benzene rings is 1. The number of carbonyl (C=O) groups is 1. The van der Waals surface area contributed by atoms with Crippen LogP contribution in [0.3, 0.4) is 0 Å². The largest absolute Gasteiger partial charge is 0.384 e. The zero-order chi connectivity index (χ0) is 18.4. The Hall–Kier alpha value is -3.21. The van der Waals surface area contributed by atoms with Crippen molar-refractivity contribution in [1.82, 2.24) is 9.55 Å². The van der Waals surface area contributed by atoms with E-state index in [9.17, 15) is 9.59 Å². The van der Waals surface area contributed by atoms with Crippen LogP contribution in [-0.2, 0) is 13.0 Å². The number of aromatic nitrogens is 2. The molecule has 3 rings (SSSR count). The third-order valence-electron chi connectivity index (χ3n) is 4.28. The summed E-state index contributed by atoms with van der Waals surface area (Å²) in [6.07, 6.45) is 3.13. The van der Waals surface area contributed by atoms with Gasteiger partial charge in [0.2, 0.25) is 0 Å². The number of pyridine rings is 2. The number of rotatable bonds is 7. The van der Waals surface area contributed by atoms with Gasteiger partial charge in [0, 0.05) is 18.4 Å². The van der Waals surface area contributed by atoms with Crippen LogP contribution >= 0.6 is 0 Å². The Kier molecular flexibility index (Phi) is 5.59. The van der Waals surface area contributed by atoms with Crippen molar-refractivity contribution in [3.8, 4) is 0 Å². The van der Waals surface area contributed by atoms with E-state index in [1.54, 1.807) is 10.8 Å². The lowest BCUT2D eigenvalue weighted by Gasteiger charge is -2.15. The summed E-state index contributed by atoms with van der Waals surface area (Å²) in [4.78, 5) is 28.5. The first kappa shape index (κ1) is 17.6. The normalized spacial score (nSPS) is 10.5. The summed E-state index contributed by atoms with van der Waals surface area (Å²) in [5.74, 6) is 0. The summed E-state index contributed by atoms with van der Waals surface area (Å²) in [6, 6.07) is 17.5. The zero-order valence-corrected chi connectivity index (χ0v) is 14.7. The molecule has 0 saturated carbocycles. The van der Waals surface area contributed by atoms with Gasteiger partial charge >= 0.3 is 0 Å². The second-order valence-corrected chi connectivity index (χ2v) is 6.11. The number of hydrogen-bond acceptors (Lipinski definition) is 4. The van der Waals surface area contributed by atoms with E-state index in [4.69, 9.17) is 0 Å². The quantitative estimate of drug-likeness (QED) is 0.667. The molecule has 5 heteroatoms. The highest BCUT2D eigenvalue weighted by Crippen LogP contribution is 2.14. The maximum absolute atomic E-state index is 12.7. The van der Waals surface area contributed by atoms with E-state index in [1.165, 1.54) is 5.56 Å². The van der Waals surface area contributed by atoms with Crippen LogP contribution in [0.15, 0.2) is 65.6 Å². The highest BCUT2D eigenvalue weighted by molar-refractivity contribution is 5.83. The molecule has 3 aromatic rings. The molecule has 132 valence electrons. The first-order valence-electron chi connectivity index (χ1n) is 8.56. The van der Waals surface area contributed by atoms with Crippen LogP contribution in [0.4, 0.5) is 5.69 Å². The van der Waals surface area contributed by atoms with Crippen LogP contribution in [0.1, 0.15) is 27.3 Å². The van der Waals surface area contributed by atoms with E-state index in [2.05, 4.69) is 22.4 Å². The number of aryl methyl sites for hydroxylation is 1. The average molecular weight is 347 g/mol. The minimum absolute atomic E-state index is 0.152. The van der Waals surface area contributed by atoms with Crippen LogP contribution in [0.25, 0.3) is 0 Å². The lowest BCUT2D eigenvalue weighted by atomic mass is 10.1. The summed E-state index contributed by atoms with van der Waals surface area (Å²) < 4.78 is 1.58. The van der Waals surface area contributed by atoms with Gasteiger partial charge in [-0.2, -0.15) is 0 Å². The summed E-state index contributed by atoms with van der Waals surface area (Å²) in [6.45, 7) is 2.85. The molecule has 26 heavy (non-hydrogen) atoms. The molecule has 0 amide bonds. The summed E-state index contributed by atoms with van der Waals surface area (Å²) in [5.41, 5.74) is 3.20. The minimum atomic E-state index is -0.298. The average Bonchev–Trinajstić information content (AvgIpc) is 2.67. The van der Waals surface area contributed by atoms with Crippen molar-refractivity contribution in [1.29, 1.82) is 0 Å². The molecular weight excluding hydrogens is 326 g/mol. The second-order valence-electron chi connectivity index (χ2n) is 6.11. The number of nitrogens with one attached hydrogen (secondary N) is 1. The second kappa shape index (κ2) is 8.25. The molecule has 0 unspecified atom stereocenters. The van der Waals surface area contributed by atoms with Gasteiger partial charge in [-0.15, -0.1) is 0 Å². The number of aldehydes is 1. The first-order valence-corrected chi connectivity index (χ1v) is 8.56. The molecule has 1 aromatic carbocycles. The molecule has 0 aliphatic carbocycles. The van der Waals surface area contributed by atoms with Gasteiger partial charge in [-0.1, -0.05) is 36.4 Å². The fourth-order valence-corrected chi connectivity index (χ4v) is 2.88. The van der Waals surface area contributed by atoms with E-state index >= 15 is 0 Å². The number of carbonyl (C=O) groups excluding carboxylic acids is 1. The SMILES string of the molecule is Cc1cc(NCCc2ccccc2)c(C=O)c(=O)n1Cc1ccccn1. The number of nitrogens with zero attached hydrogens (tertiary/aromatic N) is 2. The van der Waals surface area contributed by atoms with Crippen LogP contribution in [0, 0.1) is 6.92 Å². The molecule has 0 aliphatic heterocycles. The molecule has 1 N–H and O–H groups in total. The van der Waals surface area contributed by atoms with Crippen molar-refractivity contribution in [2.75, 3.05) is 11.9 Å². The Balaban J connectivity index is 1.81. The van der Waals surface area contributed by atoms with Crippen molar-refractivity contribution >= 4 is 12.0 Å². The van der Waals surface area contributed by atoms with Gasteiger partial charge in [-0.05, 0) is 37.1 Å². The van der Waals surface area contributed by atoms with Gasteiger partial charge in [-0.3, -0.25) is 14.6 Å². The van der Waals surface area contributed by atoms with E-state index in [0.717, 1.165) is 17.8 Å². The van der Waals surface area contributed by atoms with Crippen molar-refractivity contribution in [2.45, 2.75) is 19.9 Å². The minimum Gasteiger partial charge on any atom is -0.384 e. The van der Waals surface area contributed by atoms with Gasteiger partial charge in [-0.25, -0.2) is 0 Å². The van der Waals surface area contributed by atoms with Crippen molar-refractivity contribution in [3.63, 3.8) is 0 Å². The zero-order valence-electron chi connectivity index (χ0n) is 14.7. The highest BCUT2D eigenvalue weighted by atomic mass is 16.1. The topological polar surface area (TPSA) is 64.0 Å². The molecule has 2 heterocycles. The Bertz CT molecular complexity index is 935. The Morgan fingerprint density at radius 3 is 2.58 bits per heavy atom.